The van der Waals surface area contributed by atoms with Gasteiger partial charge in [0.2, 0.25) is 0 Å². The fourth-order valence-electron chi connectivity index (χ4n) is 3.90. The van der Waals surface area contributed by atoms with E-state index < -0.39 is 0 Å². The predicted molar refractivity (Wildman–Crippen MR) is 133 cm³/mol. The number of rotatable bonds is 10. The standard InChI is InChI=1S/C27H27ClFN3O/c1-33-23-9-11-25(29)21(16-23)19-32(18-20-6-3-2-4-7-20)15-5-13-30-26-12-14-31-27-17-22(28)8-10-24(26)27/h2-4,6-12,14,16-17H,5,13,15,18-19H2,1H3,(H,30,31). The molecule has 4 rings (SSSR count). The molecule has 0 fully saturated rings. The second-order valence-electron chi connectivity index (χ2n) is 7.95. The molecule has 3 aromatic carbocycles. The Labute approximate surface area is 199 Å². The molecule has 0 bridgehead atoms. The summed E-state index contributed by atoms with van der Waals surface area (Å²) in [5, 5.41) is 5.23. The third-order valence-electron chi connectivity index (χ3n) is 5.57. The van der Waals surface area contributed by atoms with Crippen molar-refractivity contribution in [1.29, 1.82) is 0 Å². The second-order valence-corrected chi connectivity index (χ2v) is 8.39. The molecule has 0 saturated carbocycles. The van der Waals surface area contributed by atoms with Crippen molar-refractivity contribution in [1.82, 2.24) is 9.88 Å². The Balaban J connectivity index is 1.42. The van der Waals surface area contributed by atoms with Crippen molar-refractivity contribution < 1.29 is 9.13 Å². The van der Waals surface area contributed by atoms with Gasteiger partial charge in [-0.2, -0.15) is 0 Å². The van der Waals surface area contributed by atoms with Crippen LogP contribution in [0.4, 0.5) is 10.1 Å². The van der Waals surface area contributed by atoms with E-state index >= 15 is 0 Å². The Kier molecular flexibility index (Phi) is 7.76. The van der Waals surface area contributed by atoms with Crippen LogP contribution in [-0.2, 0) is 13.1 Å². The number of benzene rings is 3. The van der Waals surface area contributed by atoms with Crippen molar-refractivity contribution in [3.63, 3.8) is 0 Å². The molecule has 0 radical (unpaired) electrons. The summed E-state index contributed by atoms with van der Waals surface area (Å²) in [4.78, 5) is 6.66. The number of methoxy groups -OCH3 is 1. The van der Waals surface area contributed by atoms with Gasteiger partial charge >= 0.3 is 0 Å². The number of aromatic nitrogens is 1. The fourth-order valence-corrected chi connectivity index (χ4v) is 4.06. The van der Waals surface area contributed by atoms with Crippen LogP contribution in [0.3, 0.4) is 0 Å². The molecule has 0 unspecified atom stereocenters. The molecule has 1 heterocycles. The average Bonchev–Trinajstić information content (AvgIpc) is 2.83. The van der Waals surface area contributed by atoms with Crippen LogP contribution in [-0.4, -0.2) is 30.1 Å². The summed E-state index contributed by atoms with van der Waals surface area (Å²) in [6.45, 7) is 2.85. The number of hydrogen-bond donors (Lipinski definition) is 1. The molecule has 4 nitrogen and oxygen atoms in total. The van der Waals surface area contributed by atoms with Crippen molar-refractivity contribution in [3.8, 4) is 5.75 Å². The zero-order valence-corrected chi connectivity index (χ0v) is 19.4. The molecule has 33 heavy (non-hydrogen) atoms. The van der Waals surface area contributed by atoms with E-state index in [1.54, 1.807) is 25.4 Å². The first-order chi connectivity index (χ1) is 16.1. The number of anilines is 1. The number of pyridine rings is 1. The minimum absolute atomic E-state index is 0.214. The van der Waals surface area contributed by atoms with Gasteiger partial charge in [-0.05, 0) is 54.4 Å². The number of nitrogens with one attached hydrogen (secondary N) is 1. The summed E-state index contributed by atoms with van der Waals surface area (Å²) in [7, 11) is 1.60. The molecular weight excluding hydrogens is 437 g/mol. The van der Waals surface area contributed by atoms with Gasteiger partial charge in [-0.1, -0.05) is 41.9 Å². The van der Waals surface area contributed by atoms with Crippen LogP contribution in [0.25, 0.3) is 10.9 Å². The zero-order chi connectivity index (χ0) is 23.0. The van der Waals surface area contributed by atoms with Crippen molar-refractivity contribution in [2.24, 2.45) is 0 Å². The van der Waals surface area contributed by atoms with Crippen molar-refractivity contribution in [2.45, 2.75) is 19.5 Å². The lowest BCUT2D eigenvalue weighted by molar-refractivity contribution is 0.252. The molecular formula is C27H27ClFN3O. The van der Waals surface area contributed by atoms with Gasteiger partial charge in [-0.15, -0.1) is 0 Å². The van der Waals surface area contributed by atoms with E-state index in [1.807, 2.05) is 42.5 Å². The Morgan fingerprint density at radius 2 is 1.85 bits per heavy atom. The molecule has 170 valence electrons. The third kappa shape index (κ3) is 6.21. The van der Waals surface area contributed by atoms with Crippen LogP contribution in [0.15, 0.2) is 79.0 Å². The molecule has 6 heteroatoms. The molecule has 0 spiro atoms. The van der Waals surface area contributed by atoms with E-state index in [9.17, 15) is 4.39 Å². The van der Waals surface area contributed by atoms with Gasteiger partial charge in [0, 0.05) is 54.0 Å². The first kappa shape index (κ1) is 23.0. The van der Waals surface area contributed by atoms with Crippen LogP contribution >= 0.6 is 11.6 Å². The van der Waals surface area contributed by atoms with Gasteiger partial charge < -0.3 is 10.1 Å². The highest BCUT2D eigenvalue weighted by Crippen LogP contribution is 2.24. The third-order valence-corrected chi connectivity index (χ3v) is 5.80. The monoisotopic (exact) mass is 463 g/mol. The van der Waals surface area contributed by atoms with Crippen LogP contribution in [0.5, 0.6) is 5.75 Å². The summed E-state index contributed by atoms with van der Waals surface area (Å²) in [6.07, 6.45) is 2.68. The van der Waals surface area contributed by atoms with Gasteiger partial charge in [-0.3, -0.25) is 9.88 Å². The molecule has 1 aromatic heterocycles. The summed E-state index contributed by atoms with van der Waals surface area (Å²) in [6, 6.07) is 22.9. The van der Waals surface area contributed by atoms with Crippen molar-refractivity contribution in [2.75, 3.05) is 25.5 Å². The molecule has 0 aliphatic heterocycles. The van der Waals surface area contributed by atoms with Crippen LogP contribution in [0.1, 0.15) is 17.5 Å². The SMILES string of the molecule is COc1ccc(F)c(CN(CCCNc2ccnc3cc(Cl)ccc23)Cc2ccccc2)c1. The lowest BCUT2D eigenvalue weighted by Gasteiger charge is -2.23. The largest absolute Gasteiger partial charge is 0.497 e. The Bertz CT molecular complexity index is 1200. The zero-order valence-electron chi connectivity index (χ0n) is 18.6. The number of hydrogen-bond acceptors (Lipinski definition) is 4. The maximum Gasteiger partial charge on any atom is 0.127 e. The average molecular weight is 464 g/mol. The van der Waals surface area contributed by atoms with Crippen LogP contribution in [0.2, 0.25) is 5.02 Å². The summed E-state index contributed by atoms with van der Waals surface area (Å²) in [5.74, 6) is 0.450. The maximum atomic E-state index is 14.5. The van der Waals surface area contributed by atoms with E-state index in [0.29, 0.717) is 22.9 Å². The van der Waals surface area contributed by atoms with Gasteiger partial charge in [0.05, 0.1) is 12.6 Å². The summed E-state index contributed by atoms with van der Waals surface area (Å²) >= 11 is 6.10. The highest BCUT2D eigenvalue weighted by molar-refractivity contribution is 6.31. The lowest BCUT2D eigenvalue weighted by atomic mass is 10.1. The van der Waals surface area contributed by atoms with E-state index in [1.165, 1.54) is 11.6 Å². The topological polar surface area (TPSA) is 37.4 Å². The normalized spacial score (nSPS) is 11.2. The van der Waals surface area contributed by atoms with E-state index in [-0.39, 0.29) is 5.82 Å². The summed E-state index contributed by atoms with van der Waals surface area (Å²) in [5.41, 5.74) is 3.73. The Morgan fingerprint density at radius 3 is 2.67 bits per heavy atom. The van der Waals surface area contributed by atoms with E-state index in [4.69, 9.17) is 16.3 Å². The number of fused-ring (bicyclic) bond motifs is 1. The summed E-state index contributed by atoms with van der Waals surface area (Å²) < 4.78 is 19.8. The van der Waals surface area contributed by atoms with Gasteiger partial charge in [0.1, 0.15) is 11.6 Å². The smallest absolute Gasteiger partial charge is 0.127 e. The minimum atomic E-state index is -0.214. The molecule has 0 atom stereocenters. The molecule has 4 aromatic rings. The molecule has 0 aliphatic rings. The number of ether oxygens (including phenoxy) is 1. The number of nitrogens with zero attached hydrogens (tertiary/aromatic N) is 2. The predicted octanol–water partition coefficient (Wildman–Crippen LogP) is 6.54. The highest BCUT2D eigenvalue weighted by atomic mass is 35.5. The molecule has 0 amide bonds. The Morgan fingerprint density at radius 1 is 1.00 bits per heavy atom. The first-order valence-corrected chi connectivity index (χ1v) is 11.4. The van der Waals surface area contributed by atoms with Crippen LogP contribution in [0, 0.1) is 5.82 Å². The minimum Gasteiger partial charge on any atom is -0.497 e. The van der Waals surface area contributed by atoms with Gasteiger partial charge in [0.15, 0.2) is 0 Å². The van der Waals surface area contributed by atoms with Crippen LogP contribution < -0.4 is 10.1 Å². The van der Waals surface area contributed by atoms with Gasteiger partial charge in [-0.25, -0.2) is 4.39 Å². The molecule has 1 N–H and O–H groups in total. The number of halogens is 2. The lowest BCUT2D eigenvalue weighted by Crippen LogP contribution is -2.26. The van der Waals surface area contributed by atoms with E-state index in [2.05, 4.69) is 27.3 Å². The second kappa shape index (κ2) is 11.1. The fraction of sp³-hybridized carbons (Fsp3) is 0.222. The van der Waals surface area contributed by atoms with Gasteiger partial charge in [0.25, 0.3) is 0 Å². The maximum absolute atomic E-state index is 14.5. The molecule has 0 aliphatic carbocycles. The quantitative estimate of drug-likeness (QED) is 0.271. The van der Waals surface area contributed by atoms with Crippen molar-refractivity contribution in [3.05, 3.63) is 101 Å². The first-order valence-electron chi connectivity index (χ1n) is 11.0. The van der Waals surface area contributed by atoms with E-state index in [0.717, 1.165) is 42.6 Å². The Hall–Kier alpha value is -3.15. The van der Waals surface area contributed by atoms with Crippen molar-refractivity contribution >= 4 is 28.2 Å². The molecule has 0 saturated heterocycles. The highest BCUT2D eigenvalue weighted by Gasteiger charge is 2.12.